The maximum atomic E-state index is 12.1. The summed E-state index contributed by atoms with van der Waals surface area (Å²) in [5, 5.41) is 13.6. The Labute approximate surface area is 129 Å². The van der Waals surface area contributed by atoms with Crippen LogP contribution in [-0.2, 0) is 16.1 Å². The Morgan fingerprint density at radius 1 is 1.55 bits per heavy atom. The lowest BCUT2D eigenvalue weighted by atomic mass is 10.1. The van der Waals surface area contributed by atoms with E-state index in [-0.39, 0.29) is 18.5 Å². The van der Waals surface area contributed by atoms with Crippen LogP contribution in [0.25, 0.3) is 10.2 Å². The van der Waals surface area contributed by atoms with Crippen LogP contribution in [0.1, 0.15) is 12.8 Å². The van der Waals surface area contributed by atoms with Gasteiger partial charge in [0.25, 0.3) is 5.56 Å². The summed E-state index contributed by atoms with van der Waals surface area (Å²) in [6, 6.07) is 0.646. The molecular weight excluding hydrogens is 306 g/mol. The molecule has 2 heterocycles. The fourth-order valence-corrected chi connectivity index (χ4v) is 2.67. The number of aliphatic carboxylic acids is 1. The summed E-state index contributed by atoms with van der Waals surface area (Å²) in [6.07, 6.45) is 3.60. The SMILES string of the molecule is C=CCCC(NC(=O)Cn1cnc2sccc2c1=O)C(=O)O. The van der Waals surface area contributed by atoms with Crippen LogP contribution in [0.5, 0.6) is 0 Å². The van der Waals surface area contributed by atoms with Crippen LogP contribution >= 0.6 is 11.3 Å². The number of carboxylic acid groups (broad SMARTS) is 1. The molecule has 0 aliphatic rings. The number of nitrogens with zero attached hydrogens (tertiary/aromatic N) is 2. The summed E-state index contributed by atoms with van der Waals surface area (Å²) in [7, 11) is 0. The zero-order chi connectivity index (χ0) is 16.1. The molecule has 0 aliphatic heterocycles. The minimum Gasteiger partial charge on any atom is -0.480 e. The molecule has 0 aliphatic carbocycles. The van der Waals surface area contributed by atoms with E-state index in [1.54, 1.807) is 17.5 Å². The number of nitrogens with one attached hydrogen (secondary N) is 1. The van der Waals surface area contributed by atoms with Crippen LogP contribution in [0.4, 0.5) is 0 Å². The van der Waals surface area contributed by atoms with Crippen LogP contribution in [-0.4, -0.2) is 32.6 Å². The Morgan fingerprint density at radius 2 is 2.32 bits per heavy atom. The Kier molecular flexibility index (Phi) is 5.05. The largest absolute Gasteiger partial charge is 0.480 e. The van der Waals surface area contributed by atoms with Crippen LogP contribution in [0.15, 0.2) is 35.2 Å². The highest BCUT2D eigenvalue weighted by atomic mass is 32.1. The van der Waals surface area contributed by atoms with E-state index in [9.17, 15) is 14.4 Å². The van der Waals surface area contributed by atoms with Crippen LogP contribution in [0.2, 0.25) is 0 Å². The molecule has 8 heteroatoms. The van der Waals surface area contributed by atoms with Crippen LogP contribution in [0, 0.1) is 0 Å². The third kappa shape index (κ3) is 3.59. The lowest BCUT2D eigenvalue weighted by molar-refractivity contribution is -0.142. The van der Waals surface area contributed by atoms with Gasteiger partial charge in [-0.1, -0.05) is 6.08 Å². The van der Waals surface area contributed by atoms with Gasteiger partial charge in [-0.25, -0.2) is 9.78 Å². The Bertz CT molecular complexity index is 765. The molecular formula is C14H15N3O4S. The van der Waals surface area contributed by atoms with Crippen molar-refractivity contribution >= 4 is 33.4 Å². The second-order valence-electron chi connectivity index (χ2n) is 4.64. The van der Waals surface area contributed by atoms with Gasteiger partial charge in [0, 0.05) is 0 Å². The van der Waals surface area contributed by atoms with Gasteiger partial charge in [0.05, 0.1) is 11.7 Å². The third-order valence-corrected chi connectivity index (χ3v) is 3.88. The van der Waals surface area contributed by atoms with E-state index in [1.807, 2.05) is 0 Å². The van der Waals surface area contributed by atoms with Gasteiger partial charge in [-0.15, -0.1) is 17.9 Å². The van der Waals surface area contributed by atoms with Gasteiger partial charge in [0.2, 0.25) is 5.91 Å². The number of carbonyl (C=O) groups is 2. The van der Waals surface area contributed by atoms with Crippen molar-refractivity contribution in [3.63, 3.8) is 0 Å². The van der Waals surface area contributed by atoms with Crippen LogP contribution in [0.3, 0.4) is 0 Å². The van der Waals surface area contributed by atoms with Crippen molar-refractivity contribution in [3.8, 4) is 0 Å². The van der Waals surface area contributed by atoms with Gasteiger partial charge in [-0.3, -0.25) is 14.2 Å². The van der Waals surface area contributed by atoms with Gasteiger partial charge >= 0.3 is 5.97 Å². The molecule has 0 fully saturated rings. The molecule has 0 aromatic carbocycles. The number of rotatable bonds is 7. The fourth-order valence-electron chi connectivity index (χ4n) is 1.94. The van der Waals surface area contributed by atoms with E-state index in [4.69, 9.17) is 5.11 Å². The molecule has 7 nitrogen and oxygen atoms in total. The average molecular weight is 321 g/mol. The maximum absolute atomic E-state index is 12.1. The first kappa shape index (κ1) is 15.9. The van der Waals surface area contributed by atoms with E-state index in [2.05, 4.69) is 16.9 Å². The predicted molar refractivity (Wildman–Crippen MR) is 82.9 cm³/mol. The number of aromatic nitrogens is 2. The number of fused-ring (bicyclic) bond motifs is 1. The third-order valence-electron chi connectivity index (χ3n) is 3.06. The van der Waals surface area contributed by atoms with E-state index < -0.39 is 17.9 Å². The lowest BCUT2D eigenvalue weighted by Gasteiger charge is -2.14. The molecule has 2 aromatic heterocycles. The van der Waals surface area contributed by atoms with Crippen molar-refractivity contribution in [3.05, 3.63) is 40.8 Å². The zero-order valence-electron chi connectivity index (χ0n) is 11.7. The van der Waals surface area contributed by atoms with Crippen molar-refractivity contribution in [2.45, 2.75) is 25.4 Å². The molecule has 2 N–H and O–H groups in total. The Morgan fingerprint density at radius 3 is 3.00 bits per heavy atom. The summed E-state index contributed by atoms with van der Waals surface area (Å²) >= 11 is 1.34. The van der Waals surface area contributed by atoms with Crippen molar-refractivity contribution in [2.24, 2.45) is 0 Å². The topological polar surface area (TPSA) is 101 Å². The van der Waals surface area contributed by atoms with Crippen molar-refractivity contribution < 1.29 is 14.7 Å². The van der Waals surface area contributed by atoms with Gasteiger partial charge < -0.3 is 10.4 Å². The number of amides is 1. The molecule has 1 atom stereocenters. The molecule has 0 saturated carbocycles. The number of carbonyl (C=O) groups excluding carboxylic acids is 1. The minimum atomic E-state index is -1.12. The number of hydrogen-bond donors (Lipinski definition) is 2. The van der Waals surface area contributed by atoms with E-state index in [1.165, 1.54) is 17.7 Å². The fraction of sp³-hybridized carbons (Fsp3) is 0.286. The Hall–Kier alpha value is -2.48. The van der Waals surface area contributed by atoms with Gasteiger partial charge in [-0.05, 0) is 24.3 Å². The summed E-state index contributed by atoms with van der Waals surface area (Å²) in [5.41, 5.74) is -0.320. The minimum absolute atomic E-state index is 0.251. The summed E-state index contributed by atoms with van der Waals surface area (Å²) in [6.45, 7) is 3.25. The monoisotopic (exact) mass is 321 g/mol. The molecule has 0 saturated heterocycles. The maximum Gasteiger partial charge on any atom is 0.326 e. The standard InChI is InChI=1S/C14H15N3O4S/c1-2-3-4-10(14(20)21)16-11(18)7-17-8-15-12-9(13(17)19)5-6-22-12/h2,5-6,8,10H,1,3-4,7H2,(H,16,18)(H,20,21). The highest BCUT2D eigenvalue weighted by molar-refractivity contribution is 7.16. The number of hydrogen-bond acceptors (Lipinski definition) is 5. The Balaban J connectivity index is 2.09. The van der Waals surface area contributed by atoms with Crippen molar-refractivity contribution in [1.29, 1.82) is 0 Å². The number of allylic oxidation sites excluding steroid dienone is 1. The first-order chi connectivity index (χ1) is 10.5. The molecule has 1 unspecified atom stereocenters. The highest BCUT2D eigenvalue weighted by Crippen LogP contribution is 2.13. The lowest BCUT2D eigenvalue weighted by Crippen LogP contribution is -2.43. The summed E-state index contributed by atoms with van der Waals surface area (Å²) in [5.74, 6) is -1.66. The number of thiophene rings is 1. The first-order valence-electron chi connectivity index (χ1n) is 6.58. The first-order valence-corrected chi connectivity index (χ1v) is 7.46. The van der Waals surface area contributed by atoms with E-state index in [0.29, 0.717) is 16.6 Å². The molecule has 22 heavy (non-hydrogen) atoms. The highest BCUT2D eigenvalue weighted by Gasteiger charge is 2.19. The van der Waals surface area contributed by atoms with Gasteiger partial charge in [-0.2, -0.15) is 0 Å². The smallest absolute Gasteiger partial charge is 0.326 e. The zero-order valence-corrected chi connectivity index (χ0v) is 12.5. The van der Waals surface area contributed by atoms with E-state index in [0.717, 1.165) is 4.57 Å². The summed E-state index contributed by atoms with van der Waals surface area (Å²) in [4.78, 5) is 39.8. The van der Waals surface area contributed by atoms with Crippen molar-refractivity contribution in [1.82, 2.24) is 14.9 Å². The molecule has 0 bridgehead atoms. The molecule has 1 amide bonds. The molecule has 0 spiro atoms. The van der Waals surface area contributed by atoms with Crippen LogP contribution < -0.4 is 10.9 Å². The summed E-state index contributed by atoms with van der Waals surface area (Å²) < 4.78 is 1.16. The molecule has 116 valence electrons. The van der Waals surface area contributed by atoms with E-state index >= 15 is 0 Å². The van der Waals surface area contributed by atoms with Gasteiger partial charge in [0.15, 0.2) is 0 Å². The average Bonchev–Trinajstić information content (AvgIpc) is 2.95. The second-order valence-corrected chi connectivity index (χ2v) is 5.54. The van der Waals surface area contributed by atoms with Gasteiger partial charge in [0.1, 0.15) is 17.4 Å². The predicted octanol–water partition coefficient (Wildman–Crippen LogP) is 0.994. The number of carboxylic acids is 1. The molecule has 2 rings (SSSR count). The quantitative estimate of drug-likeness (QED) is 0.741. The molecule has 2 aromatic rings. The normalized spacial score (nSPS) is 12.0. The molecule has 0 radical (unpaired) electrons. The second kappa shape index (κ2) is 6.99. The van der Waals surface area contributed by atoms with Crippen molar-refractivity contribution in [2.75, 3.05) is 0 Å².